The molecule has 0 amide bonds. The topological polar surface area (TPSA) is 58.2 Å². The molecular formula is C7HF8NO3S+. The van der Waals surface area contributed by atoms with Crippen LogP contribution in [0.25, 0.3) is 0 Å². The minimum atomic E-state index is -6.35. The van der Waals surface area contributed by atoms with E-state index in [2.05, 4.69) is 4.28 Å². The lowest BCUT2D eigenvalue weighted by molar-refractivity contribution is -0.0644. The van der Waals surface area contributed by atoms with E-state index < -0.39 is 50.8 Å². The second kappa shape index (κ2) is 5.14. The van der Waals surface area contributed by atoms with Crippen molar-refractivity contribution in [2.24, 2.45) is 0 Å². The standard InChI is InChI=1S/C7HF8NO3S/c8-1-2(9)4(11)6(5(12)3(1)10)16-19-20(17,18)7(13,14)15/h16H/q+1. The zero-order valence-electron chi connectivity index (χ0n) is 8.66. The summed E-state index contributed by atoms with van der Waals surface area (Å²) in [6.07, 6.45) is 0. The Morgan fingerprint density at radius 2 is 1.20 bits per heavy atom. The lowest BCUT2D eigenvalue weighted by Crippen LogP contribution is -2.33. The van der Waals surface area contributed by atoms with Gasteiger partial charge in [0.2, 0.25) is 5.82 Å². The second-order valence-electron chi connectivity index (χ2n) is 3.03. The Morgan fingerprint density at radius 1 is 0.850 bits per heavy atom. The van der Waals surface area contributed by atoms with Crippen LogP contribution in [-0.4, -0.2) is 5.51 Å². The quantitative estimate of drug-likeness (QED) is 0.305. The SMILES string of the molecule is [O][S+](=O)(ONc1c(F)c(F)c(F)c(F)c1F)C(F)(F)F. The largest absolute Gasteiger partial charge is 0.647 e. The van der Waals surface area contributed by atoms with Gasteiger partial charge in [0.05, 0.1) is 4.55 Å². The Balaban J connectivity index is 3.16. The Kier molecular flexibility index (Phi) is 4.26. The first kappa shape index (κ1) is 16.6. The summed E-state index contributed by atoms with van der Waals surface area (Å²) in [4.78, 5) is 0. The molecule has 1 aromatic carbocycles. The van der Waals surface area contributed by atoms with Crippen molar-refractivity contribution < 1.29 is 48.2 Å². The highest BCUT2D eigenvalue weighted by Crippen LogP contribution is 2.32. The number of rotatable bonds is 3. The lowest BCUT2D eigenvalue weighted by Gasteiger charge is -2.08. The van der Waals surface area contributed by atoms with Gasteiger partial charge in [0, 0.05) is 0 Å². The first-order chi connectivity index (χ1) is 8.90. The molecule has 0 saturated heterocycles. The number of halogens is 8. The van der Waals surface area contributed by atoms with Crippen LogP contribution in [0.2, 0.25) is 0 Å². The van der Waals surface area contributed by atoms with Crippen molar-refractivity contribution in [1.29, 1.82) is 0 Å². The van der Waals surface area contributed by atoms with Gasteiger partial charge in [-0.2, -0.15) is 0 Å². The van der Waals surface area contributed by atoms with Crippen LogP contribution in [0, 0.1) is 29.1 Å². The van der Waals surface area contributed by atoms with E-state index in [1.165, 1.54) is 0 Å². The van der Waals surface area contributed by atoms with E-state index in [0.29, 0.717) is 5.48 Å². The fraction of sp³-hybridized carbons (Fsp3) is 0.143. The van der Waals surface area contributed by atoms with E-state index >= 15 is 0 Å². The predicted molar refractivity (Wildman–Crippen MR) is 45.7 cm³/mol. The molecule has 0 spiro atoms. The second-order valence-corrected chi connectivity index (χ2v) is 4.57. The Bertz CT molecular complexity index is 559. The van der Waals surface area contributed by atoms with Crippen molar-refractivity contribution >= 4 is 16.2 Å². The van der Waals surface area contributed by atoms with Gasteiger partial charge in [-0.15, -0.1) is 13.2 Å². The van der Waals surface area contributed by atoms with Crippen LogP contribution in [0.15, 0.2) is 0 Å². The fourth-order valence-corrected chi connectivity index (χ4v) is 1.13. The van der Waals surface area contributed by atoms with Crippen molar-refractivity contribution in [2.75, 3.05) is 5.48 Å². The van der Waals surface area contributed by atoms with E-state index in [0.717, 1.165) is 0 Å². The van der Waals surface area contributed by atoms with Crippen LogP contribution in [0.5, 0.6) is 0 Å². The monoisotopic (exact) mass is 331 g/mol. The van der Waals surface area contributed by atoms with E-state index in [-0.39, 0.29) is 0 Å². The number of hydrogen-bond donors (Lipinski definition) is 1. The lowest BCUT2D eigenvalue weighted by atomic mass is 10.2. The van der Waals surface area contributed by atoms with Crippen LogP contribution in [-0.2, 0) is 23.5 Å². The smallest absolute Gasteiger partial charge is 0.208 e. The first-order valence-corrected chi connectivity index (χ1v) is 5.58. The minimum Gasteiger partial charge on any atom is -0.208 e. The third-order valence-electron chi connectivity index (χ3n) is 1.75. The van der Waals surface area contributed by atoms with Crippen molar-refractivity contribution in [3.05, 3.63) is 29.1 Å². The highest BCUT2D eigenvalue weighted by atomic mass is 32.3. The predicted octanol–water partition coefficient (Wildman–Crippen LogP) is 3.01. The van der Waals surface area contributed by atoms with Gasteiger partial charge in [0.1, 0.15) is 5.69 Å². The maximum absolute atomic E-state index is 12.9. The highest BCUT2D eigenvalue weighted by Gasteiger charge is 2.65. The van der Waals surface area contributed by atoms with Crippen LogP contribution >= 0.6 is 0 Å². The summed E-state index contributed by atoms with van der Waals surface area (Å²) in [5.41, 5.74) is -7.52. The highest BCUT2D eigenvalue weighted by molar-refractivity contribution is 7.93. The number of hydrogen-bond acceptors (Lipinski definition) is 3. The average molecular weight is 331 g/mol. The molecule has 0 aliphatic rings. The van der Waals surface area contributed by atoms with Gasteiger partial charge in [-0.05, 0) is 8.49 Å². The fourth-order valence-electron chi connectivity index (χ4n) is 0.838. The van der Waals surface area contributed by atoms with Gasteiger partial charge in [0.25, 0.3) is 0 Å². The number of benzene rings is 1. The summed E-state index contributed by atoms with van der Waals surface area (Å²) < 4.78 is 123. The summed E-state index contributed by atoms with van der Waals surface area (Å²) in [5, 5.41) is 0. The summed E-state index contributed by atoms with van der Waals surface area (Å²) in [5.74, 6) is -12.8. The minimum absolute atomic E-state index is 0.532. The molecular weight excluding hydrogens is 330 g/mol. The first-order valence-electron chi connectivity index (χ1n) is 4.17. The van der Waals surface area contributed by atoms with Crippen molar-refractivity contribution in [3.63, 3.8) is 0 Å². The van der Waals surface area contributed by atoms with Gasteiger partial charge in [-0.3, -0.25) is 0 Å². The van der Waals surface area contributed by atoms with E-state index in [1.54, 1.807) is 0 Å². The molecule has 0 aliphatic heterocycles. The molecule has 13 heteroatoms. The Hall–Kier alpha value is -1.47. The van der Waals surface area contributed by atoms with Crippen molar-refractivity contribution in [3.8, 4) is 0 Å². The molecule has 4 nitrogen and oxygen atoms in total. The molecule has 1 N–H and O–H groups in total. The van der Waals surface area contributed by atoms with E-state index in [1.807, 2.05) is 0 Å². The summed E-state index contributed by atoms with van der Waals surface area (Å²) in [7, 11) is -6.35. The summed E-state index contributed by atoms with van der Waals surface area (Å²) >= 11 is 0. The van der Waals surface area contributed by atoms with Gasteiger partial charge in [0.15, 0.2) is 23.3 Å². The van der Waals surface area contributed by atoms with Crippen LogP contribution < -0.4 is 5.48 Å². The Morgan fingerprint density at radius 3 is 1.55 bits per heavy atom. The molecule has 1 atom stereocenters. The molecule has 0 aliphatic carbocycles. The van der Waals surface area contributed by atoms with Crippen molar-refractivity contribution in [1.82, 2.24) is 0 Å². The molecule has 0 fully saturated rings. The normalized spacial score (nSPS) is 15.1. The van der Waals surface area contributed by atoms with E-state index in [9.17, 15) is 43.9 Å². The van der Waals surface area contributed by atoms with E-state index in [4.69, 9.17) is 0 Å². The molecule has 0 saturated carbocycles. The zero-order valence-corrected chi connectivity index (χ0v) is 9.47. The van der Waals surface area contributed by atoms with Gasteiger partial charge >= 0.3 is 16.0 Å². The molecule has 1 radical (unpaired) electrons. The number of nitrogens with one attached hydrogen (secondary N) is 1. The third kappa shape index (κ3) is 2.83. The van der Waals surface area contributed by atoms with Gasteiger partial charge in [-0.25, -0.2) is 27.4 Å². The molecule has 0 bridgehead atoms. The molecule has 1 rings (SSSR count). The van der Waals surface area contributed by atoms with Crippen LogP contribution in [0.1, 0.15) is 0 Å². The molecule has 1 aromatic rings. The van der Waals surface area contributed by atoms with Gasteiger partial charge in [-0.1, -0.05) is 0 Å². The number of anilines is 1. The molecule has 20 heavy (non-hydrogen) atoms. The molecule has 113 valence electrons. The maximum atomic E-state index is 12.9. The maximum Gasteiger partial charge on any atom is 0.647 e. The Labute approximate surface area is 105 Å². The molecule has 0 aromatic heterocycles. The van der Waals surface area contributed by atoms with Crippen LogP contribution in [0.3, 0.4) is 0 Å². The number of alkyl halides is 3. The van der Waals surface area contributed by atoms with Crippen molar-refractivity contribution in [2.45, 2.75) is 5.51 Å². The van der Waals surface area contributed by atoms with Gasteiger partial charge < -0.3 is 0 Å². The van der Waals surface area contributed by atoms with Crippen LogP contribution in [0.4, 0.5) is 40.8 Å². The summed E-state index contributed by atoms with van der Waals surface area (Å²) in [6, 6.07) is 0. The molecule has 1 unspecified atom stereocenters. The molecule has 0 heterocycles. The third-order valence-corrected chi connectivity index (χ3v) is 2.62. The zero-order chi connectivity index (χ0) is 15.9. The summed E-state index contributed by atoms with van der Waals surface area (Å²) in [6.45, 7) is 0. The average Bonchev–Trinajstić information content (AvgIpc) is 2.32.